The van der Waals surface area contributed by atoms with Gasteiger partial charge >= 0.3 is 0 Å². The number of benzene rings is 3. The van der Waals surface area contributed by atoms with Gasteiger partial charge in [-0.1, -0.05) is 48.5 Å². The number of nitrogens with zero attached hydrogens (tertiary/aromatic N) is 4. The molecular weight excluding hydrogens is 512 g/mol. The van der Waals surface area contributed by atoms with Crippen molar-refractivity contribution in [3.8, 4) is 22.9 Å². The van der Waals surface area contributed by atoms with Crippen molar-refractivity contribution in [1.29, 1.82) is 5.26 Å². The Morgan fingerprint density at radius 1 is 1.03 bits per heavy atom. The Balaban J connectivity index is 1.72. The van der Waals surface area contributed by atoms with Gasteiger partial charge in [-0.15, -0.1) is 0 Å². The number of nitriles is 1. The molecule has 3 N–H and O–H groups in total. The van der Waals surface area contributed by atoms with Crippen LogP contribution >= 0.6 is 0 Å². The van der Waals surface area contributed by atoms with Crippen LogP contribution in [-0.2, 0) is 9.84 Å². The number of hydrogen-bond acceptors (Lipinski definition) is 8. The summed E-state index contributed by atoms with van der Waals surface area (Å²) < 4.78 is 25.5. The van der Waals surface area contributed by atoms with Gasteiger partial charge in [0.1, 0.15) is 17.5 Å². The third-order valence-electron chi connectivity index (χ3n) is 6.41. The number of pyridine rings is 1. The molecule has 2 aromatic heterocycles. The third-order valence-corrected chi connectivity index (χ3v) is 7.54. The Morgan fingerprint density at radius 2 is 1.74 bits per heavy atom. The molecule has 9 nitrogen and oxygen atoms in total. The zero-order chi connectivity index (χ0) is 27.7. The van der Waals surface area contributed by atoms with Crippen molar-refractivity contribution in [2.75, 3.05) is 17.3 Å². The van der Waals surface area contributed by atoms with Crippen molar-refractivity contribution < 1.29 is 8.42 Å². The molecule has 0 aliphatic heterocycles. The van der Waals surface area contributed by atoms with E-state index in [1.165, 1.54) is 6.20 Å². The van der Waals surface area contributed by atoms with E-state index in [0.717, 1.165) is 11.8 Å². The van der Waals surface area contributed by atoms with Gasteiger partial charge in [-0.05, 0) is 53.8 Å². The van der Waals surface area contributed by atoms with E-state index in [9.17, 15) is 18.5 Å². The van der Waals surface area contributed by atoms with Crippen LogP contribution in [0.4, 0.5) is 11.8 Å². The van der Waals surface area contributed by atoms with Crippen LogP contribution in [0.2, 0.25) is 0 Å². The SMILES string of the molecule is C[C@H](Nc1nc(N)ncc1C#N)c1cc2cccc(-c3ccc(S(C)(=O)=O)cc3)c2c(=O)n1-c1ccccc1. The number of sulfone groups is 1. The van der Waals surface area contributed by atoms with Crippen molar-refractivity contribution in [1.82, 2.24) is 14.5 Å². The van der Waals surface area contributed by atoms with E-state index in [-0.39, 0.29) is 27.8 Å². The second-order valence-corrected chi connectivity index (χ2v) is 11.1. The lowest BCUT2D eigenvalue weighted by molar-refractivity contribution is 0.602. The Hall–Kier alpha value is -5.01. The first-order valence-electron chi connectivity index (χ1n) is 12.0. The van der Waals surface area contributed by atoms with Crippen molar-refractivity contribution in [3.05, 3.63) is 107 Å². The molecule has 0 amide bonds. The lowest BCUT2D eigenvalue weighted by Gasteiger charge is -2.22. The highest BCUT2D eigenvalue weighted by Crippen LogP contribution is 2.31. The molecular formula is C29H24N6O3S. The highest BCUT2D eigenvalue weighted by atomic mass is 32.2. The summed E-state index contributed by atoms with van der Waals surface area (Å²) >= 11 is 0. The summed E-state index contributed by atoms with van der Waals surface area (Å²) in [5.74, 6) is 0.290. The number of hydrogen-bond donors (Lipinski definition) is 2. The predicted octanol–water partition coefficient (Wildman–Crippen LogP) is 4.48. The maximum atomic E-state index is 14.2. The second-order valence-electron chi connectivity index (χ2n) is 9.08. The molecule has 5 rings (SSSR count). The topological polar surface area (TPSA) is 144 Å². The summed E-state index contributed by atoms with van der Waals surface area (Å²) in [5, 5.41) is 13.9. The molecule has 2 heterocycles. The van der Waals surface area contributed by atoms with E-state index in [1.807, 2.05) is 61.5 Å². The number of nitrogens with one attached hydrogen (secondary N) is 1. The standard InChI is InChI=1S/C29H24N6O3S/c1-18(33-27-21(16-30)17-32-29(31)34-27)25-15-20-7-6-10-24(19-11-13-23(14-12-19)39(2,37)38)26(20)28(36)35(25)22-8-4-3-5-9-22/h3-15,17-18H,1-2H3,(H3,31,32,33,34)/t18-/m0/s1. The van der Waals surface area contributed by atoms with Gasteiger partial charge in [-0.25, -0.2) is 13.4 Å². The molecule has 39 heavy (non-hydrogen) atoms. The maximum Gasteiger partial charge on any atom is 0.263 e. The monoisotopic (exact) mass is 536 g/mol. The first-order valence-corrected chi connectivity index (χ1v) is 13.9. The molecule has 10 heteroatoms. The zero-order valence-corrected chi connectivity index (χ0v) is 22.0. The van der Waals surface area contributed by atoms with Gasteiger partial charge in [0.15, 0.2) is 9.84 Å². The molecule has 0 aliphatic rings. The minimum atomic E-state index is -3.35. The Morgan fingerprint density at radius 3 is 2.41 bits per heavy atom. The third kappa shape index (κ3) is 4.95. The van der Waals surface area contributed by atoms with Gasteiger partial charge in [0.2, 0.25) is 5.95 Å². The number of aromatic nitrogens is 3. The van der Waals surface area contributed by atoms with E-state index in [0.29, 0.717) is 27.7 Å². The van der Waals surface area contributed by atoms with Gasteiger partial charge < -0.3 is 11.1 Å². The molecule has 1 atom stereocenters. The van der Waals surface area contributed by atoms with Gasteiger partial charge in [-0.2, -0.15) is 10.2 Å². The molecule has 0 saturated carbocycles. The van der Waals surface area contributed by atoms with Crippen LogP contribution in [0.15, 0.2) is 94.7 Å². The Labute approximate surface area is 225 Å². The first kappa shape index (κ1) is 25.6. The van der Waals surface area contributed by atoms with E-state index < -0.39 is 15.9 Å². The summed E-state index contributed by atoms with van der Waals surface area (Å²) in [5.41, 5.74) is 8.46. The van der Waals surface area contributed by atoms with Crippen molar-refractivity contribution >= 4 is 32.4 Å². The summed E-state index contributed by atoms with van der Waals surface area (Å²) in [4.78, 5) is 22.5. The summed E-state index contributed by atoms with van der Waals surface area (Å²) in [6, 6.07) is 24.8. The van der Waals surface area contributed by atoms with Crippen molar-refractivity contribution in [2.45, 2.75) is 17.9 Å². The van der Waals surface area contributed by atoms with Gasteiger partial charge in [0.25, 0.3) is 5.56 Å². The second kappa shape index (κ2) is 10.0. The number of nitrogens with two attached hydrogens (primary N) is 1. The quantitative estimate of drug-likeness (QED) is 0.323. The summed E-state index contributed by atoms with van der Waals surface area (Å²) in [6.45, 7) is 1.87. The molecule has 0 bridgehead atoms. The van der Waals surface area contributed by atoms with Gasteiger partial charge in [0.05, 0.1) is 22.5 Å². The molecule has 5 aromatic rings. The fourth-order valence-electron chi connectivity index (χ4n) is 4.53. The minimum Gasteiger partial charge on any atom is -0.368 e. The number of fused-ring (bicyclic) bond motifs is 1. The highest BCUT2D eigenvalue weighted by Gasteiger charge is 2.20. The molecule has 0 saturated heterocycles. The molecule has 3 aromatic carbocycles. The number of rotatable bonds is 6. The fourth-order valence-corrected chi connectivity index (χ4v) is 5.16. The number of para-hydroxylation sites is 1. The van der Waals surface area contributed by atoms with Crippen molar-refractivity contribution in [2.24, 2.45) is 0 Å². The molecule has 0 fully saturated rings. The first-order chi connectivity index (χ1) is 18.7. The van der Waals surface area contributed by atoms with Gasteiger partial charge in [-0.3, -0.25) is 9.36 Å². The average Bonchev–Trinajstić information content (AvgIpc) is 2.93. The molecule has 0 aliphatic carbocycles. The summed E-state index contributed by atoms with van der Waals surface area (Å²) in [6.07, 6.45) is 2.51. The lowest BCUT2D eigenvalue weighted by Crippen LogP contribution is -2.26. The van der Waals surface area contributed by atoms with E-state index in [1.54, 1.807) is 28.8 Å². The number of nitrogen functional groups attached to an aromatic ring is 1. The van der Waals surface area contributed by atoms with Crippen LogP contribution in [0.5, 0.6) is 0 Å². The Bertz CT molecular complexity index is 1910. The van der Waals surface area contributed by atoms with E-state index in [4.69, 9.17) is 5.73 Å². The van der Waals surface area contributed by atoms with E-state index >= 15 is 0 Å². The summed E-state index contributed by atoms with van der Waals surface area (Å²) in [7, 11) is -3.35. The largest absolute Gasteiger partial charge is 0.368 e. The maximum absolute atomic E-state index is 14.2. The number of anilines is 2. The van der Waals surface area contributed by atoms with Crippen LogP contribution in [0.25, 0.3) is 27.6 Å². The highest BCUT2D eigenvalue weighted by molar-refractivity contribution is 7.90. The van der Waals surface area contributed by atoms with Crippen LogP contribution in [0, 0.1) is 11.3 Å². The van der Waals surface area contributed by atoms with Crippen LogP contribution in [-0.4, -0.2) is 29.2 Å². The van der Waals surface area contributed by atoms with E-state index in [2.05, 4.69) is 21.4 Å². The molecule has 0 unspecified atom stereocenters. The normalized spacial score (nSPS) is 12.1. The smallest absolute Gasteiger partial charge is 0.263 e. The molecule has 194 valence electrons. The average molecular weight is 537 g/mol. The van der Waals surface area contributed by atoms with Crippen LogP contribution in [0.3, 0.4) is 0 Å². The lowest BCUT2D eigenvalue weighted by atomic mass is 9.98. The zero-order valence-electron chi connectivity index (χ0n) is 21.2. The van der Waals surface area contributed by atoms with Crippen molar-refractivity contribution in [3.63, 3.8) is 0 Å². The predicted molar refractivity (Wildman–Crippen MR) is 151 cm³/mol. The van der Waals surface area contributed by atoms with Gasteiger partial charge in [0, 0.05) is 17.6 Å². The van der Waals surface area contributed by atoms with Crippen LogP contribution in [0.1, 0.15) is 24.2 Å². The van der Waals surface area contributed by atoms with Crippen LogP contribution < -0.4 is 16.6 Å². The Kier molecular flexibility index (Phi) is 6.60. The molecule has 0 radical (unpaired) electrons. The fraction of sp³-hybridized carbons (Fsp3) is 0.103. The molecule has 0 spiro atoms. The minimum absolute atomic E-state index is 0.0224.